The van der Waals surface area contributed by atoms with Crippen molar-refractivity contribution in [2.75, 3.05) is 0 Å². The summed E-state index contributed by atoms with van der Waals surface area (Å²) >= 11 is 0. The average molecular weight is 342 g/mol. The number of imide groups is 1. The fraction of sp³-hybridized carbons (Fsp3) is 0.421. The molecule has 3 amide bonds. The fourth-order valence-corrected chi connectivity index (χ4v) is 2.99. The first kappa shape index (κ1) is 17.2. The van der Waals surface area contributed by atoms with Crippen molar-refractivity contribution in [2.45, 2.75) is 51.7 Å². The molecule has 1 N–H and O–H groups in total. The third-order valence-corrected chi connectivity index (χ3v) is 4.21. The minimum Gasteiger partial charge on any atom is -0.443 e. The molecule has 0 spiro atoms. The van der Waals surface area contributed by atoms with E-state index in [-0.39, 0.29) is 23.8 Å². The molecule has 0 aromatic heterocycles. The highest BCUT2D eigenvalue weighted by molar-refractivity contribution is 6.01. The van der Waals surface area contributed by atoms with Gasteiger partial charge in [-0.05, 0) is 50.0 Å². The number of hydrogen-bond acceptors (Lipinski definition) is 4. The number of rotatable bonds is 1. The van der Waals surface area contributed by atoms with Gasteiger partial charge in [-0.15, -0.1) is 0 Å². The second kappa shape index (κ2) is 6.35. The molecule has 1 saturated heterocycles. The van der Waals surface area contributed by atoms with Crippen LogP contribution in [0.2, 0.25) is 0 Å². The molecule has 1 aromatic carbocycles. The van der Waals surface area contributed by atoms with E-state index in [1.54, 1.807) is 6.20 Å². The zero-order valence-electron chi connectivity index (χ0n) is 14.7. The predicted molar refractivity (Wildman–Crippen MR) is 92.4 cm³/mol. The van der Waals surface area contributed by atoms with Gasteiger partial charge in [0.1, 0.15) is 5.60 Å². The van der Waals surface area contributed by atoms with E-state index in [1.165, 1.54) is 4.90 Å². The van der Waals surface area contributed by atoms with Crippen LogP contribution in [-0.4, -0.2) is 28.4 Å². The summed E-state index contributed by atoms with van der Waals surface area (Å²) in [5.74, 6) is -0.765. The van der Waals surface area contributed by atoms with Crippen molar-refractivity contribution in [3.63, 3.8) is 0 Å². The zero-order chi connectivity index (χ0) is 18.2. The Kier molecular flexibility index (Phi) is 4.37. The van der Waals surface area contributed by atoms with Gasteiger partial charge in [0.05, 0.1) is 12.5 Å². The normalized spacial score (nSPS) is 20.1. The smallest absolute Gasteiger partial charge is 0.414 e. The minimum absolute atomic E-state index is 0.216. The molecule has 132 valence electrons. The summed E-state index contributed by atoms with van der Waals surface area (Å²) in [6, 6.07) is 5.78. The van der Waals surface area contributed by atoms with Crippen LogP contribution in [0, 0.1) is 0 Å². The molecule has 6 nitrogen and oxygen atoms in total. The van der Waals surface area contributed by atoms with E-state index in [1.807, 2.05) is 45.0 Å². The van der Waals surface area contributed by atoms with Gasteiger partial charge in [0, 0.05) is 12.6 Å². The SMILES string of the molecule is CC(C)(C)OC(=O)N1C=Cc2cc(C3CCC(=O)NC3=O)ccc2C1. The Balaban J connectivity index is 1.76. The summed E-state index contributed by atoms with van der Waals surface area (Å²) in [5.41, 5.74) is 2.31. The molecule has 0 radical (unpaired) electrons. The summed E-state index contributed by atoms with van der Waals surface area (Å²) in [5, 5.41) is 2.39. The zero-order valence-corrected chi connectivity index (χ0v) is 14.7. The van der Waals surface area contributed by atoms with Crippen LogP contribution in [0.1, 0.15) is 56.2 Å². The Bertz CT molecular complexity index is 761. The topological polar surface area (TPSA) is 75.7 Å². The first-order chi connectivity index (χ1) is 11.7. The van der Waals surface area contributed by atoms with Crippen molar-refractivity contribution < 1.29 is 19.1 Å². The number of hydrogen-bond donors (Lipinski definition) is 1. The van der Waals surface area contributed by atoms with Gasteiger partial charge in [-0.1, -0.05) is 18.2 Å². The number of amides is 3. The standard InChI is InChI=1S/C19H22N2O4/c1-19(2,3)25-18(24)21-9-8-12-10-13(4-5-14(12)11-21)15-6-7-16(22)20-17(15)23/h4-5,8-10,15H,6-7,11H2,1-3H3,(H,20,22,23). The van der Waals surface area contributed by atoms with Crippen molar-refractivity contribution >= 4 is 24.0 Å². The number of fused-ring (bicyclic) bond motifs is 1. The molecule has 1 aromatic rings. The van der Waals surface area contributed by atoms with E-state index in [9.17, 15) is 14.4 Å². The molecule has 25 heavy (non-hydrogen) atoms. The lowest BCUT2D eigenvalue weighted by Gasteiger charge is -2.28. The summed E-state index contributed by atoms with van der Waals surface area (Å²) in [7, 11) is 0. The quantitative estimate of drug-likeness (QED) is 0.796. The molecule has 6 heteroatoms. The maximum Gasteiger partial charge on any atom is 0.414 e. The van der Waals surface area contributed by atoms with Crippen molar-refractivity contribution in [1.82, 2.24) is 10.2 Å². The van der Waals surface area contributed by atoms with Gasteiger partial charge >= 0.3 is 6.09 Å². The molecule has 2 aliphatic rings. The van der Waals surface area contributed by atoms with Crippen LogP contribution in [0.3, 0.4) is 0 Å². The van der Waals surface area contributed by atoms with Crippen LogP contribution in [-0.2, 0) is 20.9 Å². The molecular formula is C19H22N2O4. The number of piperidine rings is 1. The number of ether oxygens (including phenoxy) is 1. The molecule has 2 aliphatic heterocycles. The number of nitrogens with zero attached hydrogens (tertiary/aromatic N) is 1. The highest BCUT2D eigenvalue weighted by Gasteiger charge is 2.29. The van der Waals surface area contributed by atoms with Gasteiger partial charge in [0.2, 0.25) is 11.8 Å². The summed E-state index contributed by atoms with van der Waals surface area (Å²) in [4.78, 5) is 37.0. The largest absolute Gasteiger partial charge is 0.443 e. The minimum atomic E-state index is -0.541. The molecule has 2 heterocycles. The highest BCUT2D eigenvalue weighted by Crippen LogP contribution is 2.29. The van der Waals surface area contributed by atoms with E-state index in [4.69, 9.17) is 4.74 Å². The van der Waals surface area contributed by atoms with Crippen LogP contribution in [0.25, 0.3) is 6.08 Å². The summed E-state index contributed by atoms with van der Waals surface area (Å²) in [6.45, 7) is 5.92. The molecule has 0 aliphatic carbocycles. The van der Waals surface area contributed by atoms with Gasteiger partial charge in [-0.25, -0.2) is 4.79 Å². The highest BCUT2D eigenvalue weighted by atomic mass is 16.6. The lowest BCUT2D eigenvalue weighted by atomic mass is 9.88. The molecule has 0 bridgehead atoms. The average Bonchev–Trinajstić information content (AvgIpc) is 2.52. The lowest BCUT2D eigenvalue weighted by molar-refractivity contribution is -0.134. The first-order valence-electron chi connectivity index (χ1n) is 8.37. The van der Waals surface area contributed by atoms with Crippen molar-refractivity contribution in [2.24, 2.45) is 0 Å². The van der Waals surface area contributed by atoms with Crippen LogP contribution in [0.5, 0.6) is 0 Å². The Morgan fingerprint density at radius 2 is 2.04 bits per heavy atom. The third-order valence-electron chi connectivity index (χ3n) is 4.21. The third kappa shape index (κ3) is 3.90. The maximum atomic E-state index is 12.2. The second-order valence-corrected chi connectivity index (χ2v) is 7.39. The van der Waals surface area contributed by atoms with Crippen LogP contribution >= 0.6 is 0 Å². The van der Waals surface area contributed by atoms with E-state index in [2.05, 4.69) is 5.32 Å². The molecule has 1 fully saturated rings. The fourth-order valence-electron chi connectivity index (χ4n) is 2.99. The summed E-state index contributed by atoms with van der Waals surface area (Å²) < 4.78 is 5.39. The van der Waals surface area contributed by atoms with Gasteiger partial charge in [-0.2, -0.15) is 0 Å². The van der Waals surface area contributed by atoms with Gasteiger partial charge in [0.15, 0.2) is 0 Å². The van der Waals surface area contributed by atoms with E-state index >= 15 is 0 Å². The Morgan fingerprint density at radius 3 is 2.72 bits per heavy atom. The number of carbonyl (C=O) groups excluding carboxylic acids is 3. The van der Waals surface area contributed by atoms with E-state index in [0.717, 1.165) is 16.7 Å². The monoisotopic (exact) mass is 342 g/mol. The van der Waals surface area contributed by atoms with Gasteiger partial charge in [0.25, 0.3) is 0 Å². The Labute approximate surface area is 146 Å². The summed E-state index contributed by atoms with van der Waals surface area (Å²) in [6.07, 6.45) is 4.04. The Morgan fingerprint density at radius 1 is 1.28 bits per heavy atom. The number of carbonyl (C=O) groups is 3. The van der Waals surface area contributed by atoms with E-state index in [0.29, 0.717) is 19.4 Å². The van der Waals surface area contributed by atoms with Crippen LogP contribution in [0.4, 0.5) is 4.79 Å². The van der Waals surface area contributed by atoms with Gasteiger partial charge < -0.3 is 4.74 Å². The van der Waals surface area contributed by atoms with Crippen LogP contribution < -0.4 is 5.32 Å². The first-order valence-corrected chi connectivity index (χ1v) is 8.37. The number of benzene rings is 1. The predicted octanol–water partition coefficient (Wildman–Crippen LogP) is 2.93. The molecule has 3 rings (SSSR count). The maximum absolute atomic E-state index is 12.2. The molecular weight excluding hydrogens is 320 g/mol. The van der Waals surface area contributed by atoms with Crippen molar-refractivity contribution in [3.8, 4) is 0 Å². The Hall–Kier alpha value is -2.63. The molecule has 1 atom stereocenters. The van der Waals surface area contributed by atoms with Gasteiger partial charge in [-0.3, -0.25) is 19.8 Å². The molecule has 0 saturated carbocycles. The van der Waals surface area contributed by atoms with Crippen molar-refractivity contribution in [1.29, 1.82) is 0 Å². The number of nitrogens with one attached hydrogen (secondary N) is 1. The van der Waals surface area contributed by atoms with E-state index < -0.39 is 5.60 Å². The second-order valence-electron chi connectivity index (χ2n) is 7.39. The lowest BCUT2D eigenvalue weighted by Crippen LogP contribution is -2.39. The van der Waals surface area contributed by atoms with Crippen molar-refractivity contribution in [3.05, 3.63) is 41.1 Å². The van der Waals surface area contributed by atoms with Crippen LogP contribution in [0.15, 0.2) is 24.4 Å². The molecule has 1 unspecified atom stereocenters.